The minimum absolute atomic E-state index is 0.164. The smallest absolute Gasteiger partial charge is 0.404 e. The number of tetrazole rings is 1. The van der Waals surface area contributed by atoms with Gasteiger partial charge in [0.05, 0.1) is 5.52 Å². The molecular weight excluding hydrogens is 420 g/mol. The van der Waals surface area contributed by atoms with E-state index in [9.17, 15) is 9.90 Å². The molecule has 0 fully saturated rings. The van der Waals surface area contributed by atoms with Crippen molar-refractivity contribution in [2.45, 2.75) is 40.3 Å². The lowest BCUT2D eigenvalue weighted by Crippen LogP contribution is -2.22. The highest BCUT2D eigenvalue weighted by molar-refractivity contribution is 5.97. The first kappa shape index (κ1) is 22.2. The molecule has 9 heteroatoms. The van der Waals surface area contributed by atoms with Crippen LogP contribution in [0.3, 0.4) is 0 Å². The molecule has 2 aromatic carbocycles. The minimum Gasteiger partial charge on any atom is -0.485 e. The van der Waals surface area contributed by atoms with Crippen molar-refractivity contribution in [2.75, 3.05) is 0 Å². The maximum absolute atomic E-state index is 11.3. The number of nitrogens with one attached hydrogen (secondary N) is 2. The number of aromatic nitrogens is 5. The molecule has 0 atom stereocenters. The van der Waals surface area contributed by atoms with Gasteiger partial charge in [-0.25, -0.2) is 4.79 Å². The molecule has 2 heterocycles. The highest BCUT2D eigenvalue weighted by Crippen LogP contribution is 2.36. The number of hydrogen-bond acceptors (Lipinski definition) is 6. The van der Waals surface area contributed by atoms with Gasteiger partial charge in [-0.05, 0) is 48.6 Å². The number of hydrogen-bond donors (Lipinski definition) is 3. The Morgan fingerprint density at radius 1 is 1.18 bits per heavy atom. The zero-order valence-electron chi connectivity index (χ0n) is 18.8. The van der Waals surface area contributed by atoms with Crippen molar-refractivity contribution in [3.8, 4) is 16.9 Å². The van der Waals surface area contributed by atoms with Crippen LogP contribution in [0.1, 0.15) is 36.5 Å². The number of nitrogens with zero attached hydrogens (tertiary/aromatic N) is 4. The van der Waals surface area contributed by atoms with Gasteiger partial charge in [0.2, 0.25) is 5.82 Å². The number of carboxylic acid groups (broad SMARTS) is 1. The van der Waals surface area contributed by atoms with Gasteiger partial charge in [0, 0.05) is 23.2 Å². The second kappa shape index (κ2) is 9.64. The molecule has 0 unspecified atom stereocenters. The highest BCUT2D eigenvalue weighted by atomic mass is 16.5. The molecule has 170 valence electrons. The molecular formula is C24H26N6O3. The second-order valence-electron chi connectivity index (χ2n) is 8.33. The molecule has 0 aliphatic rings. The average Bonchev–Trinajstić information content (AvgIpc) is 3.30. The van der Waals surface area contributed by atoms with Crippen LogP contribution in [0.25, 0.3) is 22.0 Å². The Bertz CT molecular complexity index is 1250. The number of aryl methyl sites for hydroxylation is 1. The topological polar surface area (TPSA) is 126 Å². The van der Waals surface area contributed by atoms with E-state index in [1.165, 1.54) is 0 Å². The van der Waals surface area contributed by atoms with Crippen molar-refractivity contribution in [3.05, 3.63) is 65.1 Å². The van der Waals surface area contributed by atoms with Crippen LogP contribution in [-0.4, -0.2) is 36.8 Å². The summed E-state index contributed by atoms with van der Waals surface area (Å²) in [5.74, 6) is 1.45. The van der Waals surface area contributed by atoms with Crippen LogP contribution < -0.4 is 10.1 Å². The fourth-order valence-corrected chi connectivity index (χ4v) is 3.77. The van der Waals surface area contributed by atoms with Gasteiger partial charge >= 0.3 is 6.09 Å². The summed E-state index contributed by atoms with van der Waals surface area (Å²) in [7, 11) is 0. The molecule has 0 aliphatic heterocycles. The molecule has 2 aromatic heterocycles. The Kier molecular flexibility index (Phi) is 6.48. The molecule has 0 aliphatic carbocycles. The summed E-state index contributed by atoms with van der Waals surface area (Å²) in [6.07, 6.45) is -0.334. The van der Waals surface area contributed by atoms with E-state index in [1.807, 2.05) is 25.1 Å². The van der Waals surface area contributed by atoms with Gasteiger partial charge in [0.25, 0.3) is 0 Å². The lowest BCUT2D eigenvalue weighted by Gasteiger charge is -2.19. The Morgan fingerprint density at radius 3 is 2.64 bits per heavy atom. The predicted octanol–water partition coefficient (Wildman–Crippen LogP) is 4.27. The third-order valence-corrected chi connectivity index (χ3v) is 5.26. The maximum Gasteiger partial charge on any atom is 0.404 e. The summed E-state index contributed by atoms with van der Waals surface area (Å²) in [4.78, 5) is 16.3. The molecule has 4 rings (SSSR count). The van der Waals surface area contributed by atoms with Crippen molar-refractivity contribution >= 4 is 17.0 Å². The SMILES string of the molecule is Cc1ccc(-c2c(CNC(=O)O)c(CC(C)C)nc3ccc(OCc4nn[nH]n4)cc23)cc1. The van der Waals surface area contributed by atoms with E-state index >= 15 is 0 Å². The summed E-state index contributed by atoms with van der Waals surface area (Å²) >= 11 is 0. The molecule has 33 heavy (non-hydrogen) atoms. The average molecular weight is 447 g/mol. The molecule has 0 bridgehead atoms. The van der Waals surface area contributed by atoms with Crippen molar-refractivity contribution < 1.29 is 14.6 Å². The molecule has 3 N–H and O–H groups in total. The molecule has 0 saturated carbocycles. The number of carbonyl (C=O) groups is 1. The van der Waals surface area contributed by atoms with Gasteiger partial charge < -0.3 is 15.2 Å². The molecule has 9 nitrogen and oxygen atoms in total. The van der Waals surface area contributed by atoms with Crippen molar-refractivity contribution in [1.82, 2.24) is 30.9 Å². The van der Waals surface area contributed by atoms with Gasteiger partial charge in [0.1, 0.15) is 5.75 Å². The normalized spacial score (nSPS) is 11.2. The third-order valence-electron chi connectivity index (χ3n) is 5.26. The first-order valence-electron chi connectivity index (χ1n) is 10.7. The third kappa shape index (κ3) is 5.25. The quantitative estimate of drug-likeness (QED) is 0.369. The van der Waals surface area contributed by atoms with Crippen LogP contribution in [0.2, 0.25) is 0 Å². The predicted molar refractivity (Wildman–Crippen MR) is 124 cm³/mol. The van der Waals surface area contributed by atoms with E-state index in [2.05, 4.69) is 64.1 Å². The number of rotatable bonds is 8. The Balaban J connectivity index is 1.88. The number of pyridine rings is 1. The zero-order chi connectivity index (χ0) is 23.4. The van der Waals surface area contributed by atoms with Crippen LogP contribution in [0.15, 0.2) is 42.5 Å². The Labute approximate surface area is 191 Å². The first-order valence-corrected chi connectivity index (χ1v) is 10.7. The lowest BCUT2D eigenvalue weighted by atomic mass is 9.91. The number of amides is 1. The number of ether oxygens (including phenoxy) is 1. The standard InChI is InChI=1S/C24H26N6O3/c1-14(2)10-21-19(12-25-24(31)32)23(16-6-4-15(3)5-7-16)18-11-17(8-9-20(18)26-21)33-13-22-27-29-30-28-22/h4-9,11,14,25H,10,12-13H2,1-3H3,(H,31,32)(H,27,28,29,30). The number of aromatic amines is 1. The molecule has 0 radical (unpaired) electrons. The van der Waals surface area contributed by atoms with Gasteiger partial charge in [-0.2, -0.15) is 5.21 Å². The monoisotopic (exact) mass is 446 g/mol. The summed E-state index contributed by atoms with van der Waals surface area (Å²) in [5.41, 5.74) is 5.69. The van der Waals surface area contributed by atoms with Gasteiger partial charge in [0.15, 0.2) is 6.61 Å². The van der Waals surface area contributed by atoms with Crippen molar-refractivity contribution in [1.29, 1.82) is 0 Å². The molecule has 0 saturated heterocycles. The molecule has 0 spiro atoms. The van der Waals surface area contributed by atoms with Crippen LogP contribution in [0.5, 0.6) is 5.75 Å². The minimum atomic E-state index is -1.07. The van der Waals surface area contributed by atoms with E-state index in [-0.39, 0.29) is 13.2 Å². The highest BCUT2D eigenvalue weighted by Gasteiger charge is 2.19. The van der Waals surface area contributed by atoms with E-state index < -0.39 is 6.09 Å². The van der Waals surface area contributed by atoms with E-state index in [4.69, 9.17) is 9.72 Å². The Morgan fingerprint density at radius 2 is 1.97 bits per heavy atom. The van der Waals surface area contributed by atoms with Crippen molar-refractivity contribution in [2.24, 2.45) is 5.92 Å². The van der Waals surface area contributed by atoms with Crippen molar-refractivity contribution in [3.63, 3.8) is 0 Å². The zero-order valence-corrected chi connectivity index (χ0v) is 18.8. The van der Waals surface area contributed by atoms with E-state index in [0.29, 0.717) is 17.5 Å². The van der Waals surface area contributed by atoms with Crippen LogP contribution in [0.4, 0.5) is 4.79 Å². The molecule has 4 aromatic rings. The first-order chi connectivity index (χ1) is 15.9. The Hall–Kier alpha value is -4.01. The van der Waals surface area contributed by atoms with Crippen LogP contribution in [0, 0.1) is 12.8 Å². The largest absolute Gasteiger partial charge is 0.485 e. The summed E-state index contributed by atoms with van der Waals surface area (Å²) in [6.45, 7) is 6.63. The summed E-state index contributed by atoms with van der Waals surface area (Å²) in [5, 5.41) is 26.5. The number of H-pyrrole nitrogens is 1. The fourth-order valence-electron chi connectivity index (χ4n) is 3.77. The maximum atomic E-state index is 11.3. The van der Waals surface area contributed by atoms with E-state index in [1.54, 1.807) is 0 Å². The molecule has 1 amide bonds. The summed E-state index contributed by atoms with van der Waals surface area (Å²) < 4.78 is 5.88. The van der Waals surface area contributed by atoms with Gasteiger partial charge in [-0.1, -0.05) is 48.9 Å². The fraction of sp³-hybridized carbons (Fsp3) is 0.292. The van der Waals surface area contributed by atoms with Crippen LogP contribution >= 0.6 is 0 Å². The van der Waals surface area contributed by atoms with Gasteiger partial charge in [-0.15, -0.1) is 10.2 Å². The van der Waals surface area contributed by atoms with E-state index in [0.717, 1.165) is 45.3 Å². The summed E-state index contributed by atoms with van der Waals surface area (Å²) in [6, 6.07) is 13.9. The van der Waals surface area contributed by atoms with Gasteiger partial charge in [-0.3, -0.25) is 4.98 Å². The lowest BCUT2D eigenvalue weighted by molar-refractivity contribution is 0.194. The van der Waals surface area contributed by atoms with Crippen LogP contribution in [-0.2, 0) is 19.6 Å². The second-order valence-corrected chi connectivity index (χ2v) is 8.33. The number of fused-ring (bicyclic) bond motifs is 1. The number of benzene rings is 2.